The molecular weight excluding hydrogens is 388 g/mol. The van der Waals surface area contributed by atoms with Gasteiger partial charge in [-0.2, -0.15) is 0 Å². The Bertz CT molecular complexity index is 480. The molecule has 6 heteroatoms. The van der Waals surface area contributed by atoms with Crippen LogP contribution in [-0.2, 0) is 26.0 Å². The van der Waals surface area contributed by atoms with Crippen molar-refractivity contribution in [3.63, 3.8) is 0 Å². The zero-order valence-corrected chi connectivity index (χ0v) is 22.0. The zero-order valence-electron chi connectivity index (χ0n) is 20.4. The molecule has 0 aliphatic carbocycles. The van der Waals surface area contributed by atoms with Gasteiger partial charge in [0.05, 0.1) is 0 Å². The summed E-state index contributed by atoms with van der Waals surface area (Å²) in [4.78, 5) is 0. The number of hydrogen-bond acceptors (Lipinski definition) is 5. The van der Waals surface area contributed by atoms with Crippen LogP contribution in [0.25, 0.3) is 0 Å². The van der Waals surface area contributed by atoms with E-state index in [1.807, 2.05) is 27.7 Å². The van der Waals surface area contributed by atoms with Crippen LogP contribution in [0.2, 0.25) is 8.45 Å². The first-order valence-corrected chi connectivity index (χ1v) is 15.3. The van der Waals surface area contributed by atoms with Crippen molar-refractivity contribution in [2.45, 2.75) is 139 Å². The van der Waals surface area contributed by atoms with Crippen molar-refractivity contribution in [2.24, 2.45) is 11.5 Å². The van der Waals surface area contributed by atoms with E-state index in [4.69, 9.17) is 18.1 Å². The van der Waals surface area contributed by atoms with Gasteiger partial charge in [0.1, 0.15) is 0 Å². The molecule has 0 bridgehead atoms. The fraction of sp³-hybridized carbons (Fsp3) is 1.00. The van der Waals surface area contributed by atoms with Crippen molar-refractivity contribution < 1.29 is 26.0 Å². The number of hydrogen-bond donors (Lipinski definition) is 2. The van der Waals surface area contributed by atoms with Gasteiger partial charge in [-0.15, -0.1) is 0 Å². The third-order valence-corrected chi connectivity index (χ3v) is 16.5. The van der Waals surface area contributed by atoms with Gasteiger partial charge in [0.2, 0.25) is 0 Å². The Morgan fingerprint density at radius 2 is 0.929 bits per heavy atom. The van der Waals surface area contributed by atoms with Crippen LogP contribution in [-0.4, -0.2) is 23.3 Å². The molecule has 0 fully saturated rings. The minimum atomic E-state index is -5.28. The number of nitrogens with two attached hydrogens (primary N) is 2. The van der Waals surface area contributed by atoms with Gasteiger partial charge in [0, 0.05) is 0 Å². The SMILES string of the molecule is CCC(N)C(CC)(CC)[O][Ti](=[O])([O]C(CC)(CC)C(N)CC)([CH](C)C)[CH](C)C. The van der Waals surface area contributed by atoms with Crippen LogP contribution in [0.4, 0.5) is 0 Å². The van der Waals surface area contributed by atoms with Crippen molar-refractivity contribution in [3.05, 3.63) is 0 Å². The average Bonchev–Trinajstić information content (AvgIpc) is 2.69. The molecule has 0 aromatic heterocycles. The maximum absolute atomic E-state index is 15.2. The molecule has 0 spiro atoms. The summed E-state index contributed by atoms with van der Waals surface area (Å²) in [6, 6.07) is -0.392. The summed E-state index contributed by atoms with van der Waals surface area (Å²) in [6.45, 7) is 20.3. The second-order valence-electron chi connectivity index (χ2n) is 9.21. The van der Waals surface area contributed by atoms with E-state index in [2.05, 4.69) is 41.5 Å². The molecule has 5 nitrogen and oxygen atoms in total. The Kier molecular flexibility index (Phi) is 10.7. The Hall–Kier alpha value is 0.354. The van der Waals surface area contributed by atoms with Crippen LogP contribution in [0.1, 0.15) is 108 Å². The third kappa shape index (κ3) is 4.98. The first kappa shape index (κ1) is 28.4. The molecule has 0 amide bonds. The van der Waals surface area contributed by atoms with Gasteiger partial charge in [-0.05, 0) is 0 Å². The fourth-order valence-corrected chi connectivity index (χ4v) is 12.2. The van der Waals surface area contributed by atoms with Crippen molar-refractivity contribution in [3.8, 4) is 0 Å². The van der Waals surface area contributed by atoms with Crippen molar-refractivity contribution >= 4 is 0 Å². The standard InChI is InChI=1S/2C8H18NO.2C3H7.O.Ti/c2*1-4-7(9)8(10,5-2)6-3;2*1-3-2;;/h2*7H,4-6,9H2,1-3H3;2*3H,1-2H3;;/q2*-1;;;;+2. The van der Waals surface area contributed by atoms with Gasteiger partial charge in [-0.25, -0.2) is 0 Å². The Morgan fingerprint density at radius 3 is 1.07 bits per heavy atom. The minimum absolute atomic E-state index is 0.196. The van der Waals surface area contributed by atoms with Gasteiger partial charge >= 0.3 is 177 Å². The van der Waals surface area contributed by atoms with Crippen LogP contribution in [0, 0.1) is 0 Å². The summed E-state index contributed by atoms with van der Waals surface area (Å²) in [5, 5.41) is 0. The molecule has 0 aliphatic heterocycles. The van der Waals surface area contributed by atoms with E-state index in [-0.39, 0.29) is 20.5 Å². The second-order valence-corrected chi connectivity index (χ2v) is 17.0. The van der Waals surface area contributed by atoms with Crippen LogP contribution >= 0.6 is 0 Å². The van der Waals surface area contributed by atoms with E-state index < -0.39 is 27.3 Å². The average molecular weight is 439 g/mol. The van der Waals surface area contributed by atoms with E-state index in [1.54, 1.807) is 0 Å². The predicted molar refractivity (Wildman–Crippen MR) is 116 cm³/mol. The molecule has 0 aromatic rings. The van der Waals surface area contributed by atoms with Gasteiger partial charge in [0.25, 0.3) is 0 Å². The van der Waals surface area contributed by atoms with Gasteiger partial charge < -0.3 is 0 Å². The van der Waals surface area contributed by atoms with Gasteiger partial charge in [-0.1, -0.05) is 0 Å². The van der Waals surface area contributed by atoms with Gasteiger partial charge in [-0.3, -0.25) is 0 Å². The molecule has 0 aliphatic rings. The molecule has 0 radical (unpaired) electrons. The Morgan fingerprint density at radius 1 is 0.679 bits per heavy atom. The molecule has 0 aromatic carbocycles. The summed E-state index contributed by atoms with van der Waals surface area (Å²) >= 11 is -5.28. The Labute approximate surface area is 176 Å². The molecule has 2 unspecified atom stereocenters. The van der Waals surface area contributed by atoms with Crippen LogP contribution in [0.15, 0.2) is 0 Å². The summed E-state index contributed by atoms with van der Waals surface area (Å²) < 4.78 is 28.5. The molecule has 4 N–H and O–H groups in total. The van der Waals surface area contributed by atoms with E-state index >= 15 is 3.32 Å². The molecule has 2 atom stereocenters. The second kappa shape index (κ2) is 10.6. The monoisotopic (exact) mass is 438 g/mol. The van der Waals surface area contributed by atoms with E-state index in [0.29, 0.717) is 25.7 Å². The Balaban J connectivity index is 6.78. The molecule has 0 saturated carbocycles. The van der Waals surface area contributed by atoms with E-state index in [1.165, 1.54) is 0 Å². The summed E-state index contributed by atoms with van der Waals surface area (Å²) in [5.41, 5.74) is 11.8. The molecule has 170 valence electrons. The van der Waals surface area contributed by atoms with E-state index in [9.17, 15) is 0 Å². The van der Waals surface area contributed by atoms with E-state index in [0.717, 1.165) is 12.8 Å². The van der Waals surface area contributed by atoms with Crippen LogP contribution in [0.5, 0.6) is 0 Å². The normalized spacial score (nSPS) is 16.7. The molecule has 28 heavy (non-hydrogen) atoms. The molecule has 0 rings (SSSR count). The maximum atomic E-state index is 15.2. The molecule has 0 heterocycles. The van der Waals surface area contributed by atoms with Crippen LogP contribution in [0.3, 0.4) is 0 Å². The summed E-state index contributed by atoms with van der Waals surface area (Å²) in [7, 11) is 0. The quantitative estimate of drug-likeness (QED) is 0.318. The first-order valence-electron chi connectivity index (χ1n) is 11.6. The van der Waals surface area contributed by atoms with Crippen molar-refractivity contribution in [2.75, 3.05) is 0 Å². The third-order valence-electron chi connectivity index (χ3n) is 7.51. The zero-order chi connectivity index (χ0) is 22.4. The summed E-state index contributed by atoms with van der Waals surface area (Å²) in [6.07, 6.45) is 4.34. The van der Waals surface area contributed by atoms with Gasteiger partial charge in [0.15, 0.2) is 0 Å². The topological polar surface area (TPSA) is 87.6 Å². The molecular formula is C22H50N2O3Ti. The first-order chi connectivity index (χ1) is 12.8. The predicted octanol–water partition coefficient (Wildman–Crippen LogP) is 6.13. The molecule has 0 saturated heterocycles. The van der Waals surface area contributed by atoms with Crippen molar-refractivity contribution in [1.29, 1.82) is 0 Å². The fourth-order valence-electron chi connectivity index (χ4n) is 4.69. The van der Waals surface area contributed by atoms with Crippen LogP contribution < -0.4 is 11.5 Å². The van der Waals surface area contributed by atoms with Crippen molar-refractivity contribution in [1.82, 2.24) is 0 Å². The summed E-state index contributed by atoms with van der Waals surface area (Å²) in [5.74, 6) is 0. The number of rotatable bonds is 14.